The zero-order valence-corrected chi connectivity index (χ0v) is 13.1. The van der Waals surface area contributed by atoms with Crippen molar-refractivity contribution >= 4 is 17.2 Å². The maximum atomic E-state index is 12.5. The lowest BCUT2D eigenvalue weighted by Crippen LogP contribution is -2.37. The third kappa shape index (κ3) is 3.50. The van der Waals surface area contributed by atoms with Crippen molar-refractivity contribution in [2.24, 2.45) is 0 Å². The van der Waals surface area contributed by atoms with Gasteiger partial charge in [-0.3, -0.25) is 4.79 Å². The fourth-order valence-electron chi connectivity index (χ4n) is 3.01. The fraction of sp³-hybridized carbons (Fsp3) is 0.412. The number of carbonyl (C=O) groups excluding carboxylic acids is 1. The average molecular weight is 300 g/mol. The Morgan fingerprint density at radius 3 is 2.90 bits per heavy atom. The summed E-state index contributed by atoms with van der Waals surface area (Å²) in [6, 6.07) is 10.8. The Bertz CT molecular complexity index is 608. The van der Waals surface area contributed by atoms with Crippen LogP contribution in [0.25, 0.3) is 0 Å². The van der Waals surface area contributed by atoms with Gasteiger partial charge in [-0.2, -0.15) is 0 Å². The molecule has 1 aromatic heterocycles. The van der Waals surface area contributed by atoms with E-state index >= 15 is 0 Å². The summed E-state index contributed by atoms with van der Waals surface area (Å²) in [4.78, 5) is 19.0. The van der Waals surface area contributed by atoms with E-state index in [4.69, 9.17) is 0 Å². The topological polar surface area (TPSA) is 33.2 Å². The predicted octanol–water partition coefficient (Wildman–Crippen LogP) is 3.23. The van der Waals surface area contributed by atoms with Crippen molar-refractivity contribution in [3.05, 3.63) is 52.0 Å². The van der Waals surface area contributed by atoms with Crippen LogP contribution < -0.4 is 0 Å². The van der Waals surface area contributed by atoms with Crippen molar-refractivity contribution in [2.45, 2.75) is 38.6 Å². The number of likely N-dealkylation sites (tertiary alicyclic amines) is 1. The van der Waals surface area contributed by atoms with Crippen molar-refractivity contribution in [1.82, 2.24) is 9.88 Å². The Balaban J connectivity index is 1.64. The molecule has 1 aliphatic heterocycles. The van der Waals surface area contributed by atoms with Crippen LogP contribution >= 0.6 is 11.3 Å². The zero-order valence-electron chi connectivity index (χ0n) is 12.3. The van der Waals surface area contributed by atoms with Gasteiger partial charge in [-0.1, -0.05) is 30.3 Å². The van der Waals surface area contributed by atoms with Gasteiger partial charge in [-0.05, 0) is 31.7 Å². The Morgan fingerprint density at radius 1 is 1.38 bits per heavy atom. The molecule has 1 aromatic carbocycles. The van der Waals surface area contributed by atoms with Crippen molar-refractivity contribution in [1.29, 1.82) is 0 Å². The smallest absolute Gasteiger partial charge is 0.228 e. The Kier molecular flexibility index (Phi) is 4.34. The molecule has 3 rings (SSSR count). The number of rotatable bonds is 4. The minimum Gasteiger partial charge on any atom is -0.339 e. The van der Waals surface area contributed by atoms with E-state index in [2.05, 4.69) is 34.1 Å². The van der Waals surface area contributed by atoms with Gasteiger partial charge in [0.1, 0.15) is 0 Å². The molecule has 1 unspecified atom stereocenters. The van der Waals surface area contributed by atoms with E-state index < -0.39 is 0 Å². The van der Waals surface area contributed by atoms with Gasteiger partial charge in [0.2, 0.25) is 5.91 Å². The molecule has 110 valence electrons. The van der Waals surface area contributed by atoms with Crippen LogP contribution in [0.5, 0.6) is 0 Å². The minimum absolute atomic E-state index is 0.221. The summed E-state index contributed by atoms with van der Waals surface area (Å²) in [6.07, 6.45) is 3.62. The van der Waals surface area contributed by atoms with Crippen molar-refractivity contribution < 1.29 is 4.79 Å². The third-order valence-corrected chi connectivity index (χ3v) is 4.83. The highest BCUT2D eigenvalue weighted by atomic mass is 32.1. The SMILES string of the molecule is Cc1nc(CC(=O)N2CCCC2Cc2ccccc2)cs1. The highest BCUT2D eigenvalue weighted by molar-refractivity contribution is 7.09. The first-order valence-electron chi connectivity index (χ1n) is 7.47. The number of nitrogens with zero attached hydrogens (tertiary/aromatic N) is 2. The van der Waals surface area contributed by atoms with Crippen LogP contribution in [0.1, 0.15) is 29.1 Å². The van der Waals surface area contributed by atoms with Crippen molar-refractivity contribution in [3.63, 3.8) is 0 Å². The summed E-state index contributed by atoms with van der Waals surface area (Å²) in [5.74, 6) is 0.221. The highest BCUT2D eigenvalue weighted by Gasteiger charge is 2.28. The van der Waals surface area contributed by atoms with Crippen LogP contribution in [0.3, 0.4) is 0 Å². The number of hydrogen-bond donors (Lipinski definition) is 0. The lowest BCUT2D eigenvalue weighted by atomic mass is 10.0. The summed E-state index contributed by atoms with van der Waals surface area (Å²) in [5.41, 5.74) is 2.22. The van der Waals surface area contributed by atoms with E-state index in [0.29, 0.717) is 12.5 Å². The summed E-state index contributed by atoms with van der Waals surface area (Å²) in [7, 11) is 0. The van der Waals surface area contributed by atoms with Gasteiger partial charge in [0.15, 0.2) is 0 Å². The average Bonchev–Trinajstić information content (AvgIpc) is 3.09. The molecule has 0 spiro atoms. The van der Waals surface area contributed by atoms with Crippen molar-refractivity contribution in [3.8, 4) is 0 Å². The monoisotopic (exact) mass is 300 g/mol. The molecular weight excluding hydrogens is 280 g/mol. The molecule has 1 aliphatic rings. The molecule has 0 bridgehead atoms. The first-order valence-corrected chi connectivity index (χ1v) is 8.35. The van der Waals surface area contributed by atoms with E-state index in [-0.39, 0.29) is 5.91 Å². The largest absolute Gasteiger partial charge is 0.339 e. The number of aryl methyl sites for hydroxylation is 1. The quantitative estimate of drug-likeness (QED) is 0.868. The van der Waals surface area contributed by atoms with Crippen LogP contribution in [0, 0.1) is 6.92 Å². The maximum absolute atomic E-state index is 12.5. The van der Waals surface area contributed by atoms with Gasteiger partial charge < -0.3 is 4.90 Å². The molecule has 4 heteroatoms. The minimum atomic E-state index is 0.221. The molecule has 1 amide bonds. The second-order valence-corrected chi connectivity index (χ2v) is 6.67. The Labute approximate surface area is 129 Å². The van der Waals surface area contributed by atoms with E-state index in [1.54, 1.807) is 11.3 Å². The van der Waals surface area contributed by atoms with Crippen molar-refractivity contribution in [2.75, 3.05) is 6.54 Å². The highest BCUT2D eigenvalue weighted by Crippen LogP contribution is 2.22. The van der Waals surface area contributed by atoms with Crippen LogP contribution in [-0.2, 0) is 17.6 Å². The predicted molar refractivity (Wildman–Crippen MR) is 85.4 cm³/mol. The Morgan fingerprint density at radius 2 is 2.19 bits per heavy atom. The molecule has 2 heterocycles. The van der Waals surface area contributed by atoms with Gasteiger partial charge in [0.25, 0.3) is 0 Å². The summed E-state index contributed by atoms with van der Waals surface area (Å²) in [5, 5.41) is 3.02. The number of amides is 1. The first-order chi connectivity index (χ1) is 10.2. The van der Waals surface area contributed by atoms with Gasteiger partial charge in [-0.15, -0.1) is 11.3 Å². The number of hydrogen-bond acceptors (Lipinski definition) is 3. The lowest BCUT2D eigenvalue weighted by molar-refractivity contribution is -0.131. The van der Waals surface area contributed by atoms with Crippen LogP contribution in [0.4, 0.5) is 0 Å². The van der Waals surface area contributed by atoms with E-state index in [1.807, 2.05) is 18.4 Å². The molecule has 0 radical (unpaired) electrons. The molecule has 21 heavy (non-hydrogen) atoms. The third-order valence-electron chi connectivity index (χ3n) is 4.01. The number of benzene rings is 1. The second kappa shape index (κ2) is 6.39. The molecular formula is C17H20N2OS. The fourth-order valence-corrected chi connectivity index (χ4v) is 3.62. The summed E-state index contributed by atoms with van der Waals surface area (Å²) in [6.45, 7) is 2.87. The molecule has 0 saturated carbocycles. The lowest BCUT2D eigenvalue weighted by Gasteiger charge is -2.24. The molecule has 1 saturated heterocycles. The summed E-state index contributed by atoms with van der Waals surface area (Å²) >= 11 is 1.61. The van der Waals surface area contributed by atoms with Gasteiger partial charge in [0, 0.05) is 18.0 Å². The van der Waals surface area contributed by atoms with Gasteiger partial charge in [0.05, 0.1) is 17.1 Å². The van der Waals surface area contributed by atoms with Gasteiger partial charge >= 0.3 is 0 Å². The second-order valence-electron chi connectivity index (χ2n) is 5.61. The van der Waals surface area contributed by atoms with Crippen LogP contribution in [-0.4, -0.2) is 28.4 Å². The Hall–Kier alpha value is -1.68. The van der Waals surface area contributed by atoms with E-state index in [1.165, 1.54) is 5.56 Å². The zero-order chi connectivity index (χ0) is 14.7. The molecule has 0 N–H and O–H groups in total. The number of thiazole rings is 1. The van der Waals surface area contributed by atoms with E-state index in [0.717, 1.165) is 36.5 Å². The van der Waals surface area contributed by atoms with Crippen LogP contribution in [0.15, 0.2) is 35.7 Å². The molecule has 3 nitrogen and oxygen atoms in total. The molecule has 1 atom stereocenters. The molecule has 1 fully saturated rings. The molecule has 0 aliphatic carbocycles. The first kappa shape index (κ1) is 14.3. The maximum Gasteiger partial charge on any atom is 0.228 e. The van der Waals surface area contributed by atoms with E-state index in [9.17, 15) is 4.79 Å². The normalized spacial score (nSPS) is 18.1. The molecule has 2 aromatic rings. The van der Waals surface area contributed by atoms with Gasteiger partial charge in [-0.25, -0.2) is 4.98 Å². The number of aromatic nitrogens is 1. The standard InChI is InChI=1S/C17H20N2OS/c1-13-18-15(12-21-13)11-17(20)19-9-5-8-16(19)10-14-6-3-2-4-7-14/h2-4,6-7,12,16H,5,8-11H2,1H3. The number of carbonyl (C=O) groups is 1. The van der Waals surface area contributed by atoms with Crippen LogP contribution in [0.2, 0.25) is 0 Å². The summed E-state index contributed by atoms with van der Waals surface area (Å²) < 4.78 is 0.